The van der Waals surface area contributed by atoms with Crippen LogP contribution in [0.25, 0.3) is 33.1 Å². The number of carbonyl (C=O) groups excluding carboxylic acids is 9. The molecule has 9 heterocycles. The van der Waals surface area contributed by atoms with Gasteiger partial charge in [0.1, 0.15) is 107 Å². The second kappa shape index (κ2) is 44.9. The number of fused-ring (bicyclic) bond motifs is 17. The molecule has 3 aromatic carbocycles. The number of hydrogen-bond donors (Lipinski definition) is 3. The zero-order chi connectivity index (χ0) is 96.6. The van der Waals surface area contributed by atoms with Crippen molar-refractivity contribution in [3.05, 3.63) is 71.7 Å². The van der Waals surface area contributed by atoms with Crippen molar-refractivity contribution < 1.29 is 168 Å². The molecule has 4 aliphatic carbocycles. The minimum absolute atomic E-state index is 0. The van der Waals surface area contributed by atoms with Gasteiger partial charge in [-0.3, -0.25) is 14.4 Å². The molecule has 3 saturated heterocycles. The fourth-order valence-corrected chi connectivity index (χ4v) is 20.8. The molecular formula is C98H125F6N12O18V3-3. The Hall–Kier alpha value is -8.96. The molecular weight excluding hydrogens is 1900 g/mol. The van der Waals surface area contributed by atoms with Gasteiger partial charge in [-0.25, -0.2) is 89.5 Å². The molecule has 3 N–H and O–H groups in total. The molecule has 7 fully saturated rings. The molecule has 10 aliphatic rings. The predicted octanol–water partition coefficient (Wildman–Crippen LogP) is 15.8. The van der Waals surface area contributed by atoms with Crippen LogP contribution < -0.4 is 44.4 Å². The summed E-state index contributed by atoms with van der Waals surface area (Å²) in [6, 6.07) is 8.65. The van der Waals surface area contributed by atoms with Crippen molar-refractivity contribution in [2.75, 3.05) is 41.0 Å². The third kappa shape index (κ3) is 23.9. The zero-order valence-electron chi connectivity index (χ0n) is 80.3. The largest absolute Gasteiger partial charge is 0.540 e. The second-order valence-corrected chi connectivity index (χ2v) is 41.0. The number of aromatic nitrogens is 6. The predicted molar refractivity (Wildman–Crippen MR) is 479 cm³/mol. The molecule has 4 saturated carbocycles. The fourth-order valence-electron chi connectivity index (χ4n) is 20.8. The minimum atomic E-state index is -2.14. The van der Waals surface area contributed by atoms with Crippen molar-refractivity contribution >= 4 is 88.0 Å². The molecule has 39 heteroatoms. The third-order valence-electron chi connectivity index (χ3n) is 28.8. The number of ether oxygens (including phenoxy) is 9. The maximum Gasteiger partial charge on any atom is 0.408 e. The summed E-state index contributed by atoms with van der Waals surface area (Å²) in [6.07, 6.45) is -3.30. The number of alkyl halides is 6. The van der Waals surface area contributed by atoms with Gasteiger partial charge in [0.05, 0.1) is 74.1 Å². The van der Waals surface area contributed by atoms with Gasteiger partial charge in [0.25, 0.3) is 0 Å². The maximum absolute atomic E-state index is 16.1. The van der Waals surface area contributed by atoms with Gasteiger partial charge in [-0.2, -0.15) is 0 Å². The van der Waals surface area contributed by atoms with E-state index in [9.17, 15) is 43.2 Å². The van der Waals surface area contributed by atoms with Gasteiger partial charge in [0, 0.05) is 73.9 Å². The van der Waals surface area contributed by atoms with Crippen molar-refractivity contribution in [3.63, 3.8) is 0 Å². The monoisotopic (exact) mass is 2020 g/mol. The number of rotatable bonds is 8. The topological polar surface area (TPSA) is 360 Å². The van der Waals surface area contributed by atoms with Crippen LogP contribution >= 0.6 is 0 Å². The Morgan fingerprint density at radius 1 is 0.423 bits per heavy atom. The Labute approximate surface area is 830 Å². The molecule has 3 aromatic heterocycles. The first-order valence-electron chi connectivity index (χ1n) is 47.0. The van der Waals surface area contributed by atoms with Crippen LogP contribution in [-0.4, -0.2) is 231 Å². The van der Waals surface area contributed by atoms with Crippen molar-refractivity contribution in [2.24, 2.45) is 63.6 Å². The fraction of sp³-hybridized carbons (Fsp3) is 0.663. The van der Waals surface area contributed by atoms with Crippen LogP contribution in [0.15, 0.2) is 54.6 Å². The maximum atomic E-state index is 16.1. The van der Waals surface area contributed by atoms with Crippen LogP contribution in [0.4, 0.5) is 40.7 Å². The van der Waals surface area contributed by atoms with Crippen molar-refractivity contribution in [1.82, 2.24) is 60.6 Å². The number of benzene rings is 3. The Bertz CT molecular complexity index is 5210. The van der Waals surface area contributed by atoms with E-state index in [1.807, 2.05) is 81.2 Å². The van der Waals surface area contributed by atoms with E-state index in [-0.39, 0.29) is 159 Å². The van der Waals surface area contributed by atoms with Crippen LogP contribution in [0.5, 0.6) is 34.9 Å². The summed E-state index contributed by atoms with van der Waals surface area (Å²) in [5, 5.41) is 8.31. The van der Waals surface area contributed by atoms with Gasteiger partial charge in [-0.15, -0.1) is 0 Å². The number of amides is 6. The van der Waals surface area contributed by atoms with E-state index in [2.05, 4.69) is 45.9 Å². The normalized spacial score (nSPS) is 32.7. The van der Waals surface area contributed by atoms with Gasteiger partial charge in [-0.05, 0) is 184 Å². The SMILES string of the molecule is CC[C@@H]1[C@@H]2CN(C(=O)[C@H](C(C)(C)C)NC(=O)O[C@@H]3CC4CC4[C@H]3CCCC(F)C(F)c3nc4ccc(OC)cc4nc3O2)[C@@H]1[C-]=O.CC[C@@H]1[C@@H]2CN(C(=O)[C@H](C(C)(C)C)NC(=O)O[C@]3(C)CCC[C@H]3CCCC(F)C(F)c3nc4ccc(OC)cc4nc3O2)[C@@H]1[C-]=O.COc1ccc2nc3c(nc2c1)O[C@H]1CN(C(=O)[C@H](C(C)(C)C)NC(=O)O[C@@H]2C[C@H]2CCCC(F)C3F)[C@H]([C-]=O)[C@@H]1C.[V].[V].[V]. The summed E-state index contributed by atoms with van der Waals surface area (Å²) in [5.41, 5.74) is -1.71. The summed E-state index contributed by atoms with van der Waals surface area (Å²) in [5.74, 6) is -1.35. The van der Waals surface area contributed by atoms with Gasteiger partial charge in [-0.1, -0.05) is 133 Å². The first kappa shape index (κ1) is 108. The van der Waals surface area contributed by atoms with E-state index in [0.29, 0.717) is 133 Å². The van der Waals surface area contributed by atoms with Gasteiger partial charge in [0.15, 0.2) is 18.5 Å². The summed E-state index contributed by atoms with van der Waals surface area (Å²) in [7, 11) is 4.51. The number of alkyl carbamates (subject to hydrolysis) is 3. The van der Waals surface area contributed by atoms with E-state index < -0.39 is 167 Å². The van der Waals surface area contributed by atoms with Crippen LogP contribution in [0.1, 0.15) is 235 Å². The van der Waals surface area contributed by atoms with E-state index in [1.54, 1.807) is 82.3 Å². The standard InChI is InChI=1S/C34H43F2N4O6.C34H45F2N4O6.C30H37F2N4O6.3V/c1-6-19-25(16-41)40-15-27(19)45-31-29(37-23-11-10-18(44-5)14-24(23)38-31)28(36)22(35)9-7-8-20-21-12-17(21)13-26(20)46-33(43)39-30(32(40)42)34(2,3)4;1-7-21-25(18-41)40-17-26(21)45-30-28(37-23-14-13-20(44-6)16-24(23)38-30)27(36)22(35)12-8-10-19-11-9-15-34(19,5)46-32(43)39-29(31(40)42)33(2,3)4;1-15-21(14-37)36-13-23(15)41-27-25(33-19-10-9-17(40-5)12-20(19)34-27)24(32)18(31)8-6-7-16-11-22(16)42-29(39)35-26(28(36)38)30(2,3)4;;;/h10-11,14,17,19-22,25-28,30H,6-9,12-13,15H2,1-5H3,(H,39,43);13-14,16,19,21-22,25-27,29H,7-12,15,17H2,1-6H3,(H,39,43);9-10,12,15-16,18,21-24,26H,6-8,11,13H2,1-5H3,(H,35,39);;;/q3*-1;;;/t17?,19-,20+,21?,22?,25+,26+,27-,28?,30+;19-,21+,22?,25-,26+,27?,29-,34-;15-,16+,18?,21+,22+,23-,24?,26+;;;/m010.../s1. The molecule has 16 rings (SSSR count). The molecule has 6 aliphatic heterocycles. The number of nitrogens with one attached hydrogen (secondary N) is 3. The molecule has 30 nitrogen and oxygen atoms in total. The summed E-state index contributed by atoms with van der Waals surface area (Å²) < 4.78 is 147. The zero-order valence-corrected chi connectivity index (χ0v) is 84.4. The number of hydrogen-bond acceptors (Lipinski definition) is 24. The first-order chi connectivity index (χ1) is 63.6. The van der Waals surface area contributed by atoms with Crippen molar-refractivity contribution in [2.45, 2.75) is 309 Å². The first-order valence-corrected chi connectivity index (χ1v) is 47.0. The molecule has 3 radical (unpaired) electrons. The Balaban J connectivity index is 0.000000195. The third-order valence-corrected chi connectivity index (χ3v) is 28.8. The van der Waals surface area contributed by atoms with Gasteiger partial charge in [0.2, 0.25) is 35.4 Å². The molecule has 745 valence electrons. The minimum Gasteiger partial charge on any atom is -0.540 e. The van der Waals surface area contributed by atoms with Gasteiger partial charge >= 0.3 is 18.3 Å². The van der Waals surface area contributed by atoms with Crippen LogP contribution in [0.3, 0.4) is 0 Å². The van der Waals surface area contributed by atoms with E-state index in [4.69, 9.17) is 42.6 Å². The summed E-state index contributed by atoms with van der Waals surface area (Å²) in [4.78, 5) is 150. The number of carbonyl (C=O) groups is 6. The molecule has 137 heavy (non-hydrogen) atoms. The molecule has 6 amide bonds. The summed E-state index contributed by atoms with van der Waals surface area (Å²) >= 11 is 0. The van der Waals surface area contributed by atoms with E-state index in [0.717, 1.165) is 19.3 Å². The van der Waals surface area contributed by atoms with Gasteiger partial charge < -0.3 is 87.7 Å². The molecule has 0 spiro atoms. The number of nitrogens with zero attached hydrogens (tertiary/aromatic N) is 9. The Morgan fingerprint density at radius 2 is 0.781 bits per heavy atom. The average Bonchev–Trinajstić information content (AvgIpc) is 1.65. The van der Waals surface area contributed by atoms with Crippen LogP contribution in [-0.2, 0) is 98.6 Å². The van der Waals surface area contributed by atoms with E-state index >= 15 is 26.3 Å². The molecule has 8 unspecified atom stereocenters. The Morgan fingerprint density at radius 3 is 1.18 bits per heavy atom. The quantitative estimate of drug-likeness (QED) is 0.0724. The molecule has 6 aromatic rings. The average molecular weight is 2030 g/mol. The van der Waals surface area contributed by atoms with Crippen LogP contribution in [0.2, 0.25) is 0 Å². The number of halogens is 6. The summed E-state index contributed by atoms with van der Waals surface area (Å²) in [6.45, 7) is 23.4. The molecule has 6 bridgehead atoms. The number of methoxy groups -OCH3 is 3. The second-order valence-electron chi connectivity index (χ2n) is 41.0. The smallest absolute Gasteiger partial charge is 0.408 e. The van der Waals surface area contributed by atoms with Crippen molar-refractivity contribution in [1.29, 1.82) is 0 Å². The molecule has 26 atom stereocenters. The van der Waals surface area contributed by atoms with Crippen molar-refractivity contribution in [3.8, 4) is 34.9 Å². The van der Waals surface area contributed by atoms with E-state index in [1.165, 1.54) is 36.0 Å². The van der Waals surface area contributed by atoms with Crippen LogP contribution in [0, 0.1) is 63.6 Å². The Kier molecular flexibility index (Phi) is 35.5.